The Hall–Kier alpha value is -1.30. The Bertz CT molecular complexity index is 268. The van der Waals surface area contributed by atoms with Gasteiger partial charge in [0, 0.05) is 19.6 Å². The number of nitrogens with zero attached hydrogens (tertiary/aromatic N) is 1. The van der Waals surface area contributed by atoms with E-state index in [1.807, 2.05) is 13.8 Å². The highest BCUT2D eigenvalue weighted by molar-refractivity contribution is 5.87. The number of hydrogen-bond acceptors (Lipinski definition) is 3. The van der Waals surface area contributed by atoms with Gasteiger partial charge in [-0.05, 0) is 13.8 Å². The minimum absolute atomic E-state index is 0.0562. The summed E-state index contributed by atoms with van der Waals surface area (Å²) in [7, 11) is 1.55. The molecule has 0 aromatic rings. The molecule has 1 unspecified atom stereocenters. The Balaban J connectivity index is 2.66. The minimum atomic E-state index is -0.530. The summed E-state index contributed by atoms with van der Waals surface area (Å²) in [5, 5.41) is 5.31. The molecule has 0 spiro atoms. The number of nitrogens with one attached hydrogen (secondary N) is 2. The zero-order valence-corrected chi connectivity index (χ0v) is 9.95. The summed E-state index contributed by atoms with van der Waals surface area (Å²) in [5.41, 5.74) is 0. The SMILES string of the molecule is CNC(=O)C1COCCN1C(=O)NC(C)C. The van der Waals surface area contributed by atoms with Crippen LogP contribution in [-0.2, 0) is 9.53 Å². The lowest BCUT2D eigenvalue weighted by molar-refractivity contribution is -0.129. The Kier molecular flexibility index (Phi) is 4.54. The maximum atomic E-state index is 11.8. The van der Waals surface area contributed by atoms with Gasteiger partial charge in [0.25, 0.3) is 0 Å². The van der Waals surface area contributed by atoms with Crippen molar-refractivity contribution in [1.29, 1.82) is 0 Å². The molecule has 1 saturated heterocycles. The highest BCUT2D eigenvalue weighted by Gasteiger charge is 2.32. The van der Waals surface area contributed by atoms with Crippen molar-refractivity contribution in [2.45, 2.75) is 25.9 Å². The highest BCUT2D eigenvalue weighted by atomic mass is 16.5. The Morgan fingerprint density at radius 1 is 1.44 bits per heavy atom. The number of ether oxygens (including phenoxy) is 1. The highest BCUT2D eigenvalue weighted by Crippen LogP contribution is 2.07. The van der Waals surface area contributed by atoms with Crippen LogP contribution in [0.1, 0.15) is 13.8 Å². The van der Waals surface area contributed by atoms with Gasteiger partial charge in [-0.2, -0.15) is 0 Å². The van der Waals surface area contributed by atoms with Gasteiger partial charge >= 0.3 is 6.03 Å². The molecule has 3 amide bonds. The fraction of sp³-hybridized carbons (Fsp3) is 0.800. The van der Waals surface area contributed by atoms with Crippen molar-refractivity contribution in [2.75, 3.05) is 26.8 Å². The molecule has 0 bridgehead atoms. The molecule has 0 aromatic heterocycles. The predicted molar refractivity (Wildman–Crippen MR) is 59.0 cm³/mol. The first-order valence-electron chi connectivity index (χ1n) is 5.42. The Morgan fingerprint density at radius 2 is 2.12 bits per heavy atom. The molecule has 0 saturated carbocycles. The maximum Gasteiger partial charge on any atom is 0.318 e. The van der Waals surface area contributed by atoms with Crippen LogP contribution in [-0.4, -0.2) is 55.7 Å². The summed E-state index contributed by atoms with van der Waals surface area (Å²) in [4.78, 5) is 24.9. The van der Waals surface area contributed by atoms with Crippen molar-refractivity contribution >= 4 is 11.9 Å². The lowest BCUT2D eigenvalue weighted by Gasteiger charge is -2.34. The molecular formula is C10H19N3O3. The van der Waals surface area contributed by atoms with Gasteiger partial charge < -0.3 is 20.3 Å². The zero-order chi connectivity index (χ0) is 12.1. The lowest BCUT2D eigenvalue weighted by atomic mass is 10.2. The van der Waals surface area contributed by atoms with E-state index in [0.29, 0.717) is 13.2 Å². The third-order valence-electron chi connectivity index (χ3n) is 2.35. The molecule has 6 heteroatoms. The fourth-order valence-corrected chi connectivity index (χ4v) is 1.56. The van der Waals surface area contributed by atoms with Gasteiger partial charge in [0.2, 0.25) is 5.91 Å². The monoisotopic (exact) mass is 229 g/mol. The van der Waals surface area contributed by atoms with Crippen LogP contribution in [0.4, 0.5) is 4.79 Å². The number of hydrogen-bond donors (Lipinski definition) is 2. The van der Waals surface area contributed by atoms with Crippen molar-refractivity contribution in [2.24, 2.45) is 0 Å². The molecule has 0 aliphatic carbocycles. The summed E-state index contributed by atoms with van der Waals surface area (Å²) in [5.74, 6) is -0.196. The van der Waals surface area contributed by atoms with Gasteiger partial charge in [0.15, 0.2) is 0 Å². The van der Waals surface area contributed by atoms with Crippen molar-refractivity contribution in [1.82, 2.24) is 15.5 Å². The van der Waals surface area contributed by atoms with E-state index < -0.39 is 6.04 Å². The predicted octanol–water partition coefficient (Wildman–Crippen LogP) is -0.449. The first-order valence-corrected chi connectivity index (χ1v) is 5.42. The van der Waals surface area contributed by atoms with E-state index in [9.17, 15) is 9.59 Å². The fourth-order valence-electron chi connectivity index (χ4n) is 1.56. The molecule has 1 aliphatic heterocycles. The summed E-state index contributed by atoms with van der Waals surface area (Å²) in [6, 6.07) is -0.690. The second-order valence-corrected chi connectivity index (χ2v) is 4.00. The summed E-state index contributed by atoms with van der Waals surface area (Å²) in [6.45, 7) is 4.93. The number of rotatable bonds is 2. The van der Waals surface area contributed by atoms with Crippen molar-refractivity contribution in [3.8, 4) is 0 Å². The molecule has 2 N–H and O–H groups in total. The number of urea groups is 1. The molecule has 1 atom stereocenters. The molecule has 6 nitrogen and oxygen atoms in total. The van der Waals surface area contributed by atoms with E-state index in [2.05, 4.69) is 10.6 Å². The smallest absolute Gasteiger partial charge is 0.318 e. The van der Waals surface area contributed by atoms with E-state index in [0.717, 1.165) is 0 Å². The van der Waals surface area contributed by atoms with E-state index in [-0.39, 0.29) is 24.6 Å². The number of carbonyl (C=O) groups excluding carboxylic acids is 2. The average molecular weight is 229 g/mol. The van der Waals surface area contributed by atoms with E-state index in [4.69, 9.17) is 4.74 Å². The third kappa shape index (κ3) is 3.10. The molecule has 1 rings (SSSR count). The average Bonchev–Trinajstić information content (AvgIpc) is 2.27. The molecule has 92 valence electrons. The van der Waals surface area contributed by atoms with Crippen LogP contribution in [0.3, 0.4) is 0 Å². The first-order chi connectivity index (χ1) is 7.56. The van der Waals surface area contributed by atoms with Crippen LogP contribution in [0, 0.1) is 0 Å². The number of amides is 3. The second kappa shape index (κ2) is 5.69. The zero-order valence-electron chi connectivity index (χ0n) is 9.95. The Morgan fingerprint density at radius 3 is 2.69 bits per heavy atom. The third-order valence-corrected chi connectivity index (χ3v) is 2.35. The Labute approximate surface area is 95.3 Å². The van der Waals surface area contributed by atoms with E-state index in [1.54, 1.807) is 7.05 Å². The first kappa shape index (κ1) is 12.8. The molecule has 1 heterocycles. The molecule has 0 radical (unpaired) electrons. The topological polar surface area (TPSA) is 70.7 Å². The van der Waals surface area contributed by atoms with Crippen LogP contribution >= 0.6 is 0 Å². The van der Waals surface area contributed by atoms with Gasteiger partial charge in [-0.15, -0.1) is 0 Å². The van der Waals surface area contributed by atoms with Crippen LogP contribution in [0.15, 0.2) is 0 Å². The molecule has 16 heavy (non-hydrogen) atoms. The number of morpholine rings is 1. The molecule has 0 aromatic carbocycles. The molecular weight excluding hydrogens is 210 g/mol. The van der Waals surface area contributed by atoms with Crippen LogP contribution in [0.2, 0.25) is 0 Å². The van der Waals surface area contributed by atoms with Crippen LogP contribution in [0.5, 0.6) is 0 Å². The van der Waals surface area contributed by atoms with Gasteiger partial charge in [0.1, 0.15) is 6.04 Å². The number of likely N-dealkylation sites (N-methyl/N-ethyl adjacent to an activating group) is 1. The summed E-state index contributed by atoms with van der Waals surface area (Å²) >= 11 is 0. The normalized spacial score (nSPS) is 20.8. The number of carbonyl (C=O) groups is 2. The second-order valence-electron chi connectivity index (χ2n) is 4.00. The standard InChI is InChI=1S/C10H19N3O3/c1-7(2)12-10(15)13-4-5-16-6-8(13)9(14)11-3/h7-8H,4-6H2,1-3H3,(H,11,14)(H,12,15). The maximum absolute atomic E-state index is 11.8. The lowest BCUT2D eigenvalue weighted by Crippen LogP contribution is -2.58. The summed E-state index contributed by atoms with van der Waals surface area (Å²) in [6.07, 6.45) is 0. The van der Waals surface area contributed by atoms with Gasteiger partial charge in [0.05, 0.1) is 13.2 Å². The van der Waals surface area contributed by atoms with Gasteiger partial charge in [-0.1, -0.05) is 0 Å². The minimum Gasteiger partial charge on any atom is -0.377 e. The summed E-state index contributed by atoms with van der Waals surface area (Å²) < 4.78 is 5.21. The molecule has 1 aliphatic rings. The van der Waals surface area contributed by atoms with Gasteiger partial charge in [-0.3, -0.25) is 4.79 Å². The van der Waals surface area contributed by atoms with Crippen LogP contribution < -0.4 is 10.6 Å². The van der Waals surface area contributed by atoms with Crippen LogP contribution in [0.25, 0.3) is 0 Å². The molecule has 1 fully saturated rings. The van der Waals surface area contributed by atoms with Crippen molar-refractivity contribution in [3.05, 3.63) is 0 Å². The van der Waals surface area contributed by atoms with E-state index >= 15 is 0 Å². The quantitative estimate of drug-likeness (QED) is 0.674. The van der Waals surface area contributed by atoms with Crippen molar-refractivity contribution in [3.63, 3.8) is 0 Å². The van der Waals surface area contributed by atoms with Gasteiger partial charge in [-0.25, -0.2) is 4.79 Å². The largest absolute Gasteiger partial charge is 0.377 e. The van der Waals surface area contributed by atoms with E-state index in [1.165, 1.54) is 4.90 Å². The van der Waals surface area contributed by atoms with Crippen molar-refractivity contribution < 1.29 is 14.3 Å².